The van der Waals surface area contributed by atoms with Crippen LogP contribution in [0.1, 0.15) is 19.3 Å². The molecule has 0 aromatic rings. The Kier molecular flexibility index (Phi) is 7.28. The summed E-state index contributed by atoms with van der Waals surface area (Å²) in [4.78, 5) is 0. The van der Waals surface area contributed by atoms with Crippen molar-refractivity contribution in [3.8, 4) is 12.3 Å². The first-order valence-corrected chi connectivity index (χ1v) is 4.18. The number of ether oxygens (including phenoxy) is 1. The lowest BCUT2D eigenvalue weighted by molar-refractivity contribution is 0.0783. The van der Waals surface area contributed by atoms with Crippen LogP contribution >= 0.6 is 12.4 Å². The maximum absolute atomic E-state index is 5.23. The average Bonchev–Trinajstić information content (AvgIpc) is 2.07. The zero-order chi connectivity index (χ0) is 7.94. The van der Waals surface area contributed by atoms with Crippen LogP contribution in [0.25, 0.3) is 0 Å². The van der Waals surface area contributed by atoms with Gasteiger partial charge in [-0.05, 0) is 12.8 Å². The third-order valence-corrected chi connectivity index (χ3v) is 1.92. The molecule has 0 spiro atoms. The number of nitrogens with one attached hydrogen (secondary N) is 1. The van der Waals surface area contributed by atoms with E-state index in [-0.39, 0.29) is 12.4 Å². The van der Waals surface area contributed by atoms with E-state index in [0.717, 1.165) is 39.0 Å². The van der Waals surface area contributed by atoms with E-state index in [9.17, 15) is 0 Å². The Bertz CT molecular complexity index is 138. The second-order valence-corrected chi connectivity index (χ2v) is 2.79. The van der Waals surface area contributed by atoms with Crippen LogP contribution in [-0.2, 0) is 4.74 Å². The first-order chi connectivity index (χ1) is 5.43. The molecule has 0 amide bonds. The molecule has 0 unspecified atom stereocenters. The van der Waals surface area contributed by atoms with E-state index in [2.05, 4.69) is 11.2 Å². The number of halogens is 1. The van der Waals surface area contributed by atoms with Crippen molar-refractivity contribution in [1.29, 1.82) is 0 Å². The van der Waals surface area contributed by atoms with Crippen LogP contribution < -0.4 is 5.32 Å². The van der Waals surface area contributed by atoms with Gasteiger partial charge in [-0.2, -0.15) is 0 Å². The Labute approximate surface area is 80.5 Å². The molecule has 1 N–H and O–H groups in total. The third-order valence-electron chi connectivity index (χ3n) is 1.92. The number of hydrogen-bond donors (Lipinski definition) is 1. The van der Waals surface area contributed by atoms with E-state index in [1.54, 1.807) is 0 Å². The Morgan fingerprint density at radius 3 is 2.67 bits per heavy atom. The van der Waals surface area contributed by atoms with E-state index in [1.165, 1.54) is 0 Å². The molecular formula is C9H16ClNO. The highest BCUT2D eigenvalue weighted by molar-refractivity contribution is 5.85. The van der Waals surface area contributed by atoms with E-state index in [4.69, 9.17) is 11.2 Å². The van der Waals surface area contributed by atoms with Gasteiger partial charge in [0.1, 0.15) is 0 Å². The summed E-state index contributed by atoms with van der Waals surface area (Å²) in [6.07, 6.45) is 8.22. The Balaban J connectivity index is 0.00000121. The van der Waals surface area contributed by atoms with E-state index in [0.29, 0.717) is 6.04 Å². The van der Waals surface area contributed by atoms with Crippen LogP contribution in [0, 0.1) is 12.3 Å². The van der Waals surface area contributed by atoms with E-state index >= 15 is 0 Å². The second kappa shape index (κ2) is 7.42. The fourth-order valence-corrected chi connectivity index (χ4v) is 1.25. The van der Waals surface area contributed by atoms with E-state index < -0.39 is 0 Å². The summed E-state index contributed by atoms with van der Waals surface area (Å²) >= 11 is 0. The van der Waals surface area contributed by atoms with Gasteiger partial charge in [-0.15, -0.1) is 24.8 Å². The number of hydrogen-bond acceptors (Lipinski definition) is 2. The summed E-state index contributed by atoms with van der Waals surface area (Å²) < 4.78 is 5.23. The van der Waals surface area contributed by atoms with Gasteiger partial charge >= 0.3 is 0 Å². The lowest BCUT2D eigenvalue weighted by atomic mass is 10.1. The van der Waals surface area contributed by atoms with Crippen LogP contribution in [0.5, 0.6) is 0 Å². The van der Waals surface area contributed by atoms with Crippen molar-refractivity contribution >= 4 is 12.4 Å². The second-order valence-electron chi connectivity index (χ2n) is 2.79. The quantitative estimate of drug-likeness (QED) is 0.532. The third kappa shape index (κ3) is 4.61. The molecule has 1 aliphatic rings. The van der Waals surface area contributed by atoms with Gasteiger partial charge in [-0.25, -0.2) is 0 Å². The molecule has 1 heterocycles. The van der Waals surface area contributed by atoms with Gasteiger partial charge in [0.05, 0.1) is 0 Å². The molecule has 3 heteroatoms. The summed E-state index contributed by atoms with van der Waals surface area (Å²) in [5.74, 6) is 2.61. The highest BCUT2D eigenvalue weighted by Crippen LogP contribution is 2.05. The average molecular weight is 190 g/mol. The summed E-state index contributed by atoms with van der Waals surface area (Å²) in [6, 6.07) is 0.636. The van der Waals surface area contributed by atoms with Crippen molar-refractivity contribution in [2.75, 3.05) is 19.8 Å². The maximum atomic E-state index is 5.23. The van der Waals surface area contributed by atoms with Crippen LogP contribution in [0.4, 0.5) is 0 Å². The van der Waals surface area contributed by atoms with Gasteiger partial charge in [0.15, 0.2) is 0 Å². The SMILES string of the molecule is C#CCCNC1CCOCC1.Cl. The molecule has 0 radical (unpaired) electrons. The highest BCUT2D eigenvalue weighted by Gasteiger charge is 2.11. The molecule has 0 aromatic heterocycles. The minimum Gasteiger partial charge on any atom is -0.381 e. The standard InChI is InChI=1S/C9H15NO.ClH/c1-2-3-6-10-9-4-7-11-8-5-9;/h1,9-10H,3-8H2;1H. The predicted molar refractivity (Wildman–Crippen MR) is 52.5 cm³/mol. The van der Waals surface area contributed by atoms with Crippen molar-refractivity contribution in [2.24, 2.45) is 0 Å². The first kappa shape index (κ1) is 11.8. The molecule has 1 saturated heterocycles. The smallest absolute Gasteiger partial charge is 0.0480 e. The molecule has 1 fully saturated rings. The summed E-state index contributed by atoms with van der Waals surface area (Å²) in [6.45, 7) is 2.74. The minimum absolute atomic E-state index is 0. The minimum atomic E-state index is 0. The molecule has 0 aromatic carbocycles. The highest BCUT2D eigenvalue weighted by atomic mass is 35.5. The lowest BCUT2D eigenvalue weighted by Gasteiger charge is -2.22. The van der Waals surface area contributed by atoms with Crippen molar-refractivity contribution in [1.82, 2.24) is 5.32 Å². The molecule has 12 heavy (non-hydrogen) atoms. The van der Waals surface area contributed by atoms with Gasteiger partial charge in [0.2, 0.25) is 0 Å². The zero-order valence-corrected chi connectivity index (χ0v) is 8.03. The maximum Gasteiger partial charge on any atom is 0.0480 e. The summed E-state index contributed by atoms with van der Waals surface area (Å²) in [5, 5.41) is 3.40. The Morgan fingerprint density at radius 2 is 2.08 bits per heavy atom. The van der Waals surface area contributed by atoms with Gasteiger partial charge in [0.25, 0.3) is 0 Å². The Morgan fingerprint density at radius 1 is 1.42 bits per heavy atom. The molecule has 1 rings (SSSR count). The van der Waals surface area contributed by atoms with Crippen LogP contribution in [0.15, 0.2) is 0 Å². The molecule has 0 bridgehead atoms. The van der Waals surface area contributed by atoms with Gasteiger partial charge in [-0.1, -0.05) is 0 Å². The lowest BCUT2D eigenvalue weighted by Crippen LogP contribution is -2.35. The van der Waals surface area contributed by atoms with Crippen molar-refractivity contribution in [3.63, 3.8) is 0 Å². The van der Waals surface area contributed by atoms with Crippen molar-refractivity contribution < 1.29 is 4.74 Å². The molecule has 2 nitrogen and oxygen atoms in total. The van der Waals surface area contributed by atoms with Gasteiger partial charge in [-0.3, -0.25) is 0 Å². The molecule has 0 atom stereocenters. The predicted octanol–water partition coefficient (Wildman–Crippen LogP) is 1.20. The number of rotatable bonds is 3. The molecule has 1 aliphatic heterocycles. The fourth-order valence-electron chi connectivity index (χ4n) is 1.25. The molecule has 70 valence electrons. The van der Waals surface area contributed by atoms with Gasteiger partial charge < -0.3 is 10.1 Å². The van der Waals surface area contributed by atoms with Gasteiger partial charge in [0, 0.05) is 32.2 Å². The normalized spacial score (nSPS) is 17.9. The van der Waals surface area contributed by atoms with Crippen molar-refractivity contribution in [3.05, 3.63) is 0 Å². The summed E-state index contributed by atoms with van der Waals surface area (Å²) in [5.41, 5.74) is 0. The molecule has 0 saturated carbocycles. The van der Waals surface area contributed by atoms with Crippen LogP contribution in [-0.4, -0.2) is 25.8 Å². The van der Waals surface area contributed by atoms with Crippen LogP contribution in [0.2, 0.25) is 0 Å². The molecular weight excluding hydrogens is 174 g/mol. The topological polar surface area (TPSA) is 21.3 Å². The largest absolute Gasteiger partial charge is 0.381 e. The Hall–Kier alpha value is -0.230. The van der Waals surface area contributed by atoms with E-state index in [1.807, 2.05) is 0 Å². The zero-order valence-electron chi connectivity index (χ0n) is 7.21. The fraction of sp³-hybridized carbons (Fsp3) is 0.778. The monoisotopic (exact) mass is 189 g/mol. The summed E-state index contributed by atoms with van der Waals surface area (Å²) in [7, 11) is 0. The number of terminal acetylenes is 1. The van der Waals surface area contributed by atoms with Crippen LogP contribution in [0.3, 0.4) is 0 Å². The molecule has 0 aliphatic carbocycles. The first-order valence-electron chi connectivity index (χ1n) is 4.18. The van der Waals surface area contributed by atoms with Crippen molar-refractivity contribution in [2.45, 2.75) is 25.3 Å².